The maximum Gasteiger partial charge on any atom is 0.246 e. The lowest BCUT2D eigenvalue weighted by Crippen LogP contribution is -2.49. The molecule has 2 heterocycles. The van der Waals surface area contributed by atoms with Crippen molar-refractivity contribution in [1.82, 2.24) is 4.90 Å². The van der Waals surface area contributed by atoms with Gasteiger partial charge in [-0.05, 0) is 56.3 Å². The summed E-state index contributed by atoms with van der Waals surface area (Å²) in [5.74, 6) is 3.95. The van der Waals surface area contributed by atoms with E-state index in [0.29, 0.717) is 6.10 Å². The third-order valence-corrected chi connectivity index (χ3v) is 7.53. The molecule has 128 valence electrons. The van der Waals surface area contributed by atoms with Crippen molar-refractivity contribution in [2.45, 2.75) is 50.2 Å². The highest BCUT2D eigenvalue weighted by Gasteiger charge is 2.51. The summed E-state index contributed by atoms with van der Waals surface area (Å²) in [6, 6.07) is 0. The molecule has 0 spiro atoms. The molecule has 0 aromatic rings. The minimum absolute atomic E-state index is 0.255. The van der Waals surface area contributed by atoms with Gasteiger partial charge < -0.3 is 9.47 Å². The Hall–Kier alpha value is -0.260. The van der Waals surface area contributed by atoms with Gasteiger partial charge in [0.25, 0.3) is 0 Å². The fourth-order valence-corrected chi connectivity index (χ4v) is 6.95. The predicted octanol–water partition coefficient (Wildman–Crippen LogP) is 2.78. The summed E-state index contributed by atoms with van der Waals surface area (Å²) in [6.45, 7) is 4.87. The highest BCUT2D eigenvalue weighted by Crippen LogP contribution is 2.57. The molecule has 6 fully saturated rings. The van der Waals surface area contributed by atoms with Crippen LogP contribution in [0.3, 0.4) is 0 Å². The molecule has 0 amide bonds. The van der Waals surface area contributed by atoms with Gasteiger partial charge in [0.1, 0.15) is 6.10 Å². The Morgan fingerprint density at radius 1 is 1.04 bits per heavy atom. The average Bonchev–Trinajstić information content (AvgIpc) is 2.93. The van der Waals surface area contributed by atoms with Crippen molar-refractivity contribution in [1.29, 1.82) is 0 Å². The first-order valence-electron chi connectivity index (χ1n) is 9.46. The van der Waals surface area contributed by atoms with Crippen molar-refractivity contribution in [2.75, 3.05) is 38.6 Å². The lowest BCUT2D eigenvalue weighted by atomic mass is 9.53. The van der Waals surface area contributed by atoms with Crippen molar-refractivity contribution in [3.05, 3.63) is 0 Å². The molecule has 1 atom stereocenters. The smallest absolute Gasteiger partial charge is 0.246 e. The quantitative estimate of drug-likeness (QED) is 0.794. The first-order valence-corrected chi connectivity index (χ1v) is 10.4. The van der Waals surface area contributed by atoms with Gasteiger partial charge in [-0.2, -0.15) is 0 Å². The number of ether oxygens (including phenoxy) is 2. The summed E-state index contributed by atoms with van der Waals surface area (Å²) >= 11 is 1.86. The van der Waals surface area contributed by atoms with Crippen molar-refractivity contribution >= 4 is 17.0 Å². The SMILES string of the molecule is C1CN(CC2CSC(=NC34CC5CC(CC(C5)C3)C4)O2)CCO1. The van der Waals surface area contributed by atoms with Crippen LogP contribution in [-0.4, -0.2) is 60.4 Å². The molecule has 0 aromatic heterocycles. The highest BCUT2D eigenvalue weighted by atomic mass is 32.2. The second-order valence-corrected chi connectivity index (χ2v) is 9.45. The van der Waals surface area contributed by atoms with Crippen LogP contribution in [0.4, 0.5) is 0 Å². The second kappa shape index (κ2) is 5.92. The van der Waals surface area contributed by atoms with Crippen LogP contribution in [0.15, 0.2) is 4.99 Å². The molecule has 5 heteroatoms. The van der Waals surface area contributed by atoms with E-state index in [0.717, 1.165) is 61.6 Å². The van der Waals surface area contributed by atoms with E-state index in [1.165, 1.54) is 38.5 Å². The summed E-state index contributed by atoms with van der Waals surface area (Å²) in [5, 5.41) is 1.00. The van der Waals surface area contributed by atoms with E-state index in [1.54, 1.807) is 0 Å². The molecule has 2 aliphatic heterocycles. The zero-order valence-corrected chi connectivity index (χ0v) is 14.7. The molecule has 23 heavy (non-hydrogen) atoms. The summed E-state index contributed by atoms with van der Waals surface area (Å²) in [5.41, 5.74) is 0.255. The zero-order valence-electron chi connectivity index (χ0n) is 13.9. The normalized spacial score (nSPS) is 48.1. The van der Waals surface area contributed by atoms with Crippen LogP contribution in [0, 0.1) is 17.8 Å². The molecule has 0 aromatic carbocycles. The lowest BCUT2D eigenvalue weighted by molar-refractivity contribution is -0.000189. The number of rotatable bonds is 3. The van der Waals surface area contributed by atoms with Gasteiger partial charge >= 0.3 is 0 Å². The number of nitrogens with zero attached hydrogens (tertiary/aromatic N) is 2. The van der Waals surface area contributed by atoms with E-state index in [4.69, 9.17) is 14.5 Å². The third-order valence-electron chi connectivity index (χ3n) is 6.56. The molecule has 4 aliphatic carbocycles. The molecule has 2 saturated heterocycles. The minimum Gasteiger partial charge on any atom is -0.467 e. The fourth-order valence-electron chi connectivity index (χ4n) is 5.99. The van der Waals surface area contributed by atoms with Gasteiger partial charge in [-0.3, -0.25) is 4.90 Å². The van der Waals surface area contributed by atoms with Gasteiger partial charge in [0.05, 0.1) is 18.8 Å². The minimum atomic E-state index is 0.255. The molecule has 1 unspecified atom stereocenters. The number of hydrogen-bond acceptors (Lipinski definition) is 5. The molecular formula is C18H28N2O2S. The van der Waals surface area contributed by atoms with Crippen LogP contribution in [0.25, 0.3) is 0 Å². The monoisotopic (exact) mass is 336 g/mol. The highest BCUT2D eigenvalue weighted by molar-refractivity contribution is 8.13. The molecule has 4 nitrogen and oxygen atoms in total. The van der Waals surface area contributed by atoms with Gasteiger partial charge in [0.2, 0.25) is 5.23 Å². The van der Waals surface area contributed by atoms with Crippen LogP contribution >= 0.6 is 11.8 Å². The summed E-state index contributed by atoms with van der Waals surface area (Å²) in [4.78, 5) is 7.70. The Bertz CT molecular complexity index is 454. The van der Waals surface area contributed by atoms with Gasteiger partial charge in [-0.15, -0.1) is 0 Å². The fraction of sp³-hybridized carbons (Fsp3) is 0.944. The average molecular weight is 337 g/mol. The van der Waals surface area contributed by atoms with E-state index in [-0.39, 0.29) is 5.54 Å². The second-order valence-electron chi connectivity index (χ2n) is 8.48. The van der Waals surface area contributed by atoms with Crippen molar-refractivity contribution < 1.29 is 9.47 Å². The molecule has 0 radical (unpaired) electrons. The molecule has 4 saturated carbocycles. The van der Waals surface area contributed by atoms with Gasteiger partial charge in [-0.1, -0.05) is 11.8 Å². The van der Waals surface area contributed by atoms with E-state index in [1.807, 2.05) is 11.8 Å². The molecular weight excluding hydrogens is 308 g/mol. The van der Waals surface area contributed by atoms with Gasteiger partial charge in [0, 0.05) is 25.4 Å². The maximum atomic E-state index is 6.23. The van der Waals surface area contributed by atoms with Crippen LogP contribution in [0.1, 0.15) is 38.5 Å². The number of morpholine rings is 1. The molecule has 4 bridgehead atoms. The number of thioether (sulfide) groups is 1. The Morgan fingerprint density at radius 3 is 2.35 bits per heavy atom. The topological polar surface area (TPSA) is 34.1 Å². The van der Waals surface area contributed by atoms with E-state index in [2.05, 4.69) is 4.90 Å². The predicted molar refractivity (Wildman–Crippen MR) is 92.9 cm³/mol. The third kappa shape index (κ3) is 3.05. The number of aliphatic imine (C=N–C) groups is 1. The van der Waals surface area contributed by atoms with Crippen LogP contribution in [-0.2, 0) is 9.47 Å². The zero-order chi connectivity index (χ0) is 15.3. The largest absolute Gasteiger partial charge is 0.467 e. The Labute approximate surface area is 143 Å². The molecule has 0 N–H and O–H groups in total. The van der Waals surface area contributed by atoms with Crippen molar-refractivity contribution in [2.24, 2.45) is 22.7 Å². The van der Waals surface area contributed by atoms with Crippen LogP contribution < -0.4 is 0 Å². The summed E-state index contributed by atoms with van der Waals surface area (Å²) in [6.07, 6.45) is 8.78. The van der Waals surface area contributed by atoms with E-state index < -0.39 is 0 Å². The van der Waals surface area contributed by atoms with Crippen LogP contribution in [0.5, 0.6) is 0 Å². The molecule has 6 rings (SSSR count). The Morgan fingerprint density at radius 2 is 1.70 bits per heavy atom. The van der Waals surface area contributed by atoms with Gasteiger partial charge in [0.15, 0.2) is 0 Å². The summed E-state index contributed by atoms with van der Waals surface area (Å²) in [7, 11) is 0. The van der Waals surface area contributed by atoms with Crippen LogP contribution in [0.2, 0.25) is 0 Å². The van der Waals surface area contributed by atoms with Crippen molar-refractivity contribution in [3.8, 4) is 0 Å². The Kier molecular flexibility index (Phi) is 3.87. The summed E-state index contributed by atoms with van der Waals surface area (Å²) < 4.78 is 11.7. The molecule has 6 aliphatic rings. The standard InChI is InChI=1S/C18H28N2O2S/c1-3-21-4-2-20(1)11-16-12-23-17(22-16)19-18-8-13-5-14(9-18)7-15(6-13)10-18/h13-16H,1-12H2. The first-order chi connectivity index (χ1) is 11.3. The Balaban J connectivity index is 1.23. The lowest BCUT2D eigenvalue weighted by Gasteiger charge is -2.54. The first kappa shape index (κ1) is 15.0. The van der Waals surface area contributed by atoms with Gasteiger partial charge in [-0.25, -0.2) is 4.99 Å². The number of hydrogen-bond donors (Lipinski definition) is 0. The van der Waals surface area contributed by atoms with E-state index >= 15 is 0 Å². The van der Waals surface area contributed by atoms with E-state index in [9.17, 15) is 0 Å². The van der Waals surface area contributed by atoms with Crippen molar-refractivity contribution in [3.63, 3.8) is 0 Å². The maximum absolute atomic E-state index is 6.23.